The summed E-state index contributed by atoms with van der Waals surface area (Å²) < 4.78 is 21.2. The number of pyridine rings is 1. The van der Waals surface area contributed by atoms with Crippen molar-refractivity contribution in [1.82, 2.24) is 10.5 Å². The maximum absolute atomic E-state index is 14.5. The number of rotatable bonds is 7. The minimum atomic E-state index is -0.683. The number of hydroxylamine groups is 1. The monoisotopic (exact) mass is 533 g/mol. The van der Waals surface area contributed by atoms with Crippen LogP contribution in [0.1, 0.15) is 10.6 Å². The Bertz CT molecular complexity index is 1230. The summed E-state index contributed by atoms with van der Waals surface area (Å²) >= 11 is 2.02. The van der Waals surface area contributed by atoms with E-state index in [1.165, 1.54) is 6.07 Å². The van der Waals surface area contributed by atoms with Crippen LogP contribution in [0, 0.1) is 9.39 Å². The number of benzene rings is 2. The summed E-state index contributed by atoms with van der Waals surface area (Å²) in [6, 6.07) is 14.2. The molecule has 3 N–H and O–H groups in total. The number of fused-ring (bicyclic) bond motifs is 1. The molecule has 0 atom stereocenters. The van der Waals surface area contributed by atoms with E-state index in [0.29, 0.717) is 16.5 Å². The number of hydrogen-bond donors (Lipinski definition) is 3. The fourth-order valence-electron chi connectivity index (χ4n) is 3.05. The minimum absolute atomic E-state index is 0.0860. The summed E-state index contributed by atoms with van der Waals surface area (Å²) in [7, 11) is 0. The minimum Gasteiger partial charge on any atom is -0.448 e. The molecule has 158 valence electrons. The van der Waals surface area contributed by atoms with E-state index >= 15 is 0 Å². The third-order valence-corrected chi connectivity index (χ3v) is 5.11. The first-order chi connectivity index (χ1) is 15.1. The predicted molar refractivity (Wildman–Crippen MR) is 122 cm³/mol. The van der Waals surface area contributed by atoms with Crippen LogP contribution in [0.25, 0.3) is 22.1 Å². The number of carbonyl (C=O) groups excluding carboxylic acids is 1. The second-order valence-electron chi connectivity index (χ2n) is 6.49. The summed E-state index contributed by atoms with van der Waals surface area (Å²) in [5.74, 6) is -1.26. The van der Waals surface area contributed by atoms with E-state index in [1.54, 1.807) is 24.5 Å². The Hall–Kier alpha value is -3.02. The van der Waals surface area contributed by atoms with E-state index < -0.39 is 11.7 Å². The number of hydrogen-bond acceptors (Lipinski definition) is 6. The van der Waals surface area contributed by atoms with Gasteiger partial charge in [0.25, 0.3) is 0 Å². The second-order valence-corrected chi connectivity index (χ2v) is 7.73. The molecule has 4 rings (SSSR count). The molecule has 0 saturated carbocycles. The van der Waals surface area contributed by atoms with Crippen molar-refractivity contribution in [3.63, 3.8) is 0 Å². The van der Waals surface area contributed by atoms with Crippen LogP contribution in [0.3, 0.4) is 0 Å². The van der Waals surface area contributed by atoms with Crippen LogP contribution >= 0.6 is 22.6 Å². The molecule has 31 heavy (non-hydrogen) atoms. The Labute approximate surface area is 190 Å². The lowest BCUT2D eigenvalue weighted by atomic mass is 10.1. The van der Waals surface area contributed by atoms with Gasteiger partial charge in [0.05, 0.1) is 24.3 Å². The highest BCUT2D eigenvalue weighted by Crippen LogP contribution is 2.38. The molecule has 2 heterocycles. The molecule has 0 unspecified atom stereocenters. The SMILES string of the molecule is O=C(NOCCO)c1oc2c(-c3ccccc3)cncc2c1Nc1ccc(I)cc1F. The Morgan fingerprint density at radius 1 is 1.19 bits per heavy atom. The molecule has 0 aliphatic heterocycles. The van der Waals surface area contributed by atoms with Crippen molar-refractivity contribution in [1.29, 1.82) is 0 Å². The summed E-state index contributed by atoms with van der Waals surface area (Å²) in [5.41, 5.74) is 4.61. The van der Waals surface area contributed by atoms with Gasteiger partial charge in [0.15, 0.2) is 0 Å². The Kier molecular flexibility index (Phi) is 6.44. The van der Waals surface area contributed by atoms with Gasteiger partial charge in [-0.1, -0.05) is 30.3 Å². The van der Waals surface area contributed by atoms with Crippen molar-refractivity contribution in [3.8, 4) is 11.1 Å². The molecule has 7 nitrogen and oxygen atoms in total. The lowest BCUT2D eigenvalue weighted by molar-refractivity contribution is 0.0152. The van der Waals surface area contributed by atoms with Gasteiger partial charge in [-0.25, -0.2) is 9.87 Å². The topological polar surface area (TPSA) is 96.6 Å². The molecule has 0 saturated heterocycles. The van der Waals surface area contributed by atoms with Crippen molar-refractivity contribution in [2.24, 2.45) is 0 Å². The van der Waals surface area contributed by atoms with Crippen molar-refractivity contribution in [2.75, 3.05) is 18.5 Å². The van der Waals surface area contributed by atoms with Gasteiger partial charge in [0, 0.05) is 21.5 Å². The number of nitrogens with zero attached hydrogens (tertiary/aromatic N) is 1. The Morgan fingerprint density at radius 3 is 2.74 bits per heavy atom. The number of furan rings is 1. The molecule has 2 aromatic heterocycles. The first-order valence-electron chi connectivity index (χ1n) is 9.29. The van der Waals surface area contributed by atoms with E-state index in [2.05, 4.69) is 15.8 Å². The highest BCUT2D eigenvalue weighted by Gasteiger charge is 2.24. The molecule has 0 aliphatic rings. The summed E-state index contributed by atoms with van der Waals surface area (Å²) in [4.78, 5) is 21.9. The van der Waals surface area contributed by atoms with Gasteiger partial charge in [-0.2, -0.15) is 0 Å². The molecule has 0 bridgehead atoms. The maximum Gasteiger partial charge on any atom is 0.312 e. The zero-order valence-corrected chi connectivity index (χ0v) is 18.2. The number of nitrogens with one attached hydrogen (secondary N) is 2. The van der Waals surface area contributed by atoms with Gasteiger partial charge in [0.1, 0.15) is 17.1 Å². The first-order valence-corrected chi connectivity index (χ1v) is 10.4. The molecule has 1 amide bonds. The van der Waals surface area contributed by atoms with Crippen LogP contribution in [-0.4, -0.2) is 29.2 Å². The second kappa shape index (κ2) is 9.41. The highest BCUT2D eigenvalue weighted by molar-refractivity contribution is 14.1. The van der Waals surface area contributed by atoms with E-state index in [0.717, 1.165) is 9.13 Å². The van der Waals surface area contributed by atoms with Crippen LogP contribution in [0.5, 0.6) is 0 Å². The summed E-state index contributed by atoms with van der Waals surface area (Å²) in [6.45, 7) is -0.348. The molecule has 0 fully saturated rings. The van der Waals surface area contributed by atoms with Crippen molar-refractivity contribution in [3.05, 3.63) is 76.1 Å². The van der Waals surface area contributed by atoms with Gasteiger partial charge >= 0.3 is 5.91 Å². The third-order valence-electron chi connectivity index (χ3n) is 4.44. The molecule has 0 radical (unpaired) electrons. The Morgan fingerprint density at radius 2 is 2.00 bits per heavy atom. The Balaban J connectivity index is 1.84. The van der Waals surface area contributed by atoms with Crippen LogP contribution < -0.4 is 10.8 Å². The van der Waals surface area contributed by atoms with E-state index in [9.17, 15) is 9.18 Å². The zero-order valence-electron chi connectivity index (χ0n) is 16.1. The van der Waals surface area contributed by atoms with Crippen LogP contribution in [-0.2, 0) is 4.84 Å². The first kappa shape index (κ1) is 21.2. The smallest absolute Gasteiger partial charge is 0.312 e. The van der Waals surface area contributed by atoms with Crippen molar-refractivity contribution < 1.29 is 23.5 Å². The third kappa shape index (κ3) is 4.53. The zero-order chi connectivity index (χ0) is 21.8. The average molecular weight is 533 g/mol. The van der Waals surface area contributed by atoms with E-state index in [1.807, 2.05) is 52.9 Å². The van der Waals surface area contributed by atoms with Crippen LogP contribution in [0.4, 0.5) is 15.8 Å². The largest absolute Gasteiger partial charge is 0.448 e. The number of aromatic nitrogens is 1. The average Bonchev–Trinajstić information content (AvgIpc) is 3.15. The number of carbonyl (C=O) groups is 1. The summed E-state index contributed by atoms with van der Waals surface area (Å²) in [5, 5.41) is 12.3. The maximum atomic E-state index is 14.5. The molecule has 0 spiro atoms. The van der Waals surface area contributed by atoms with Gasteiger partial charge in [-0.3, -0.25) is 14.6 Å². The predicted octanol–water partition coefficient (Wildman–Crippen LogP) is 4.64. The fraction of sp³-hybridized carbons (Fsp3) is 0.0909. The number of halogens is 2. The van der Waals surface area contributed by atoms with Crippen molar-refractivity contribution in [2.45, 2.75) is 0 Å². The summed E-state index contributed by atoms with van der Waals surface area (Å²) in [6.07, 6.45) is 3.18. The molecule has 2 aromatic carbocycles. The lowest BCUT2D eigenvalue weighted by Crippen LogP contribution is -2.25. The normalized spacial score (nSPS) is 10.9. The molecular weight excluding hydrogens is 516 g/mol. The molecule has 4 aromatic rings. The highest BCUT2D eigenvalue weighted by atomic mass is 127. The fourth-order valence-corrected chi connectivity index (χ4v) is 3.51. The van der Waals surface area contributed by atoms with Gasteiger partial charge in [0.2, 0.25) is 5.76 Å². The van der Waals surface area contributed by atoms with Gasteiger partial charge in [-0.15, -0.1) is 0 Å². The number of amides is 1. The molecule has 0 aliphatic carbocycles. The number of aliphatic hydroxyl groups excluding tert-OH is 1. The van der Waals surface area contributed by atoms with Gasteiger partial charge in [-0.05, 0) is 46.4 Å². The molecular formula is C22H17FIN3O4. The van der Waals surface area contributed by atoms with Crippen LogP contribution in [0.15, 0.2) is 65.3 Å². The van der Waals surface area contributed by atoms with Gasteiger partial charge < -0.3 is 14.8 Å². The van der Waals surface area contributed by atoms with E-state index in [-0.39, 0.29) is 30.3 Å². The number of anilines is 2. The van der Waals surface area contributed by atoms with E-state index in [4.69, 9.17) is 14.4 Å². The van der Waals surface area contributed by atoms with Crippen molar-refractivity contribution >= 4 is 50.8 Å². The number of aliphatic hydroxyl groups is 1. The molecule has 9 heteroatoms. The standard InChI is InChI=1S/C22H17FIN3O4/c23-17-10-14(24)6-7-18(17)26-19-16-12-25-11-15(13-4-2-1-3-5-13)20(16)31-21(19)22(29)27-30-9-8-28/h1-7,10-12,26,28H,8-9H2,(H,27,29). The quantitative estimate of drug-likeness (QED) is 0.182. The lowest BCUT2D eigenvalue weighted by Gasteiger charge is -2.09. The van der Waals surface area contributed by atoms with Crippen LogP contribution in [0.2, 0.25) is 0 Å².